The number of hydrogen-bond donors (Lipinski definition) is 1. The molecule has 1 heterocycles. The van der Waals surface area contributed by atoms with Crippen molar-refractivity contribution in [3.63, 3.8) is 0 Å². The lowest BCUT2D eigenvalue weighted by atomic mass is 9.93. The summed E-state index contributed by atoms with van der Waals surface area (Å²) >= 11 is 0. The Labute approximate surface area is 216 Å². The number of anilines is 2. The molecule has 3 aromatic rings. The highest BCUT2D eigenvalue weighted by molar-refractivity contribution is 6.51. The first kappa shape index (κ1) is 25.6. The maximum absolute atomic E-state index is 13.5. The Bertz CT molecular complexity index is 1360. The van der Waals surface area contributed by atoms with Gasteiger partial charge in [-0.1, -0.05) is 12.1 Å². The number of hydrogen-bond acceptors (Lipinski definition) is 7. The lowest BCUT2D eigenvalue weighted by molar-refractivity contribution is -0.132. The molecule has 1 unspecified atom stereocenters. The van der Waals surface area contributed by atoms with E-state index >= 15 is 0 Å². The Kier molecular flexibility index (Phi) is 7.11. The van der Waals surface area contributed by atoms with Crippen molar-refractivity contribution in [2.45, 2.75) is 13.0 Å². The van der Waals surface area contributed by atoms with Crippen LogP contribution in [0.2, 0.25) is 0 Å². The first-order valence-corrected chi connectivity index (χ1v) is 11.7. The molecule has 1 N–H and O–H groups in total. The Morgan fingerprint density at radius 2 is 1.43 bits per heavy atom. The number of aliphatic hydroxyl groups excluding tert-OH is 1. The van der Waals surface area contributed by atoms with Crippen LogP contribution in [0.3, 0.4) is 0 Å². The molecule has 1 saturated heterocycles. The van der Waals surface area contributed by atoms with Gasteiger partial charge >= 0.3 is 0 Å². The van der Waals surface area contributed by atoms with Crippen LogP contribution in [0.25, 0.3) is 5.76 Å². The van der Waals surface area contributed by atoms with Crippen LogP contribution in [0.4, 0.5) is 11.4 Å². The maximum atomic E-state index is 13.5. The molecule has 37 heavy (non-hydrogen) atoms. The van der Waals surface area contributed by atoms with Gasteiger partial charge in [0, 0.05) is 43.5 Å². The van der Waals surface area contributed by atoms with Gasteiger partial charge < -0.3 is 24.2 Å². The number of amides is 1. The van der Waals surface area contributed by atoms with E-state index in [4.69, 9.17) is 14.2 Å². The quantitative estimate of drug-likeness (QED) is 0.284. The molecule has 8 heteroatoms. The van der Waals surface area contributed by atoms with Crippen molar-refractivity contribution >= 4 is 28.8 Å². The smallest absolute Gasteiger partial charge is 0.300 e. The van der Waals surface area contributed by atoms with E-state index < -0.39 is 17.7 Å². The average molecular weight is 503 g/mol. The number of benzene rings is 3. The van der Waals surface area contributed by atoms with E-state index in [1.807, 2.05) is 50.2 Å². The van der Waals surface area contributed by atoms with Gasteiger partial charge in [-0.2, -0.15) is 0 Å². The van der Waals surface area contributed by atoms with Crippen LogP contribution in [0.5, 0.6) is 17.2 Å². The topological polar surface area (TPSA) is 88.5 Å². The van der Waals surface area contributed by atoms with Crippen molar-refractivity contribution in [3.05, 3.63) is 82.9 Å². The maximum Gasteiger partial charge on any atom is 0.300 e. The summed E-state index contributed by atoms with van der Waals surface area (Å²) in [6.07, 6.45) is 0. The minimum atomic E-state index is -0.880. The van der Waals surface area contributed by atoms with Crippen molar-refractivity contribution in [2.24, 2.45) is 0 Å². The normalized spacial score (nSPS) is 16.6. The van der Waals surface area contributed by atoms with Gasteiger partial charge in [0.25, 0.3) is 11.7 Å². The van der Waals surface area contributed by atoms with E-state index in [2.05, 4.69) is 0 Å². The van der Waals surface area contributed by atoms with E-state index in [0.717, 1.165) is 5.69 Å². The summed E-state index contributed by atoms with van der Waals surface area (Å²) in [5.41, 5.74) is 3.17. The number of Topliss-reactive ketones (excluding diaryl/α,β-unsaturated/α-hetero) is 1. The van der Waals surface area contributed by atoms with Crippen LogP contribution in [0.15, 0.2) is 66.2 Å². The SMILES string of the molecule is COc1cc(OC)cc(N2C(=O)C(=O)/C(=C(\O)c3ccc(OC)cc3C)C2c2ccc(N(C)C)cc2)c1. The molecule has 1 atom stereocenters. The number of aryl methyl sites for hydroxylation is 1. The lowest BCUT2D eigenvalue weighted by Crippen LogP contribution is -2.29. The zero-order chi connectivity index (χ0) is 26.9. The predicted octanol–water partition coefficient (Wildman–Crippen LogP) is 4.71. The van der Waals surface area contributed by atoms with Crippen LogP contribution in [-0.2, 0) is 9.59 Å². The molecule has 0 saturated carbocycles. The van der Waals surface area contributed by atoms with Gasteiger partial charge in [-0.15, -0.1) is 0 Å². The van der Waals surface area contributed by atoms with Gasteiger partial charge in [-0.25, -0.2) is 0 Å². The molecule has 0 aliphatic carbocycles. The third-order valence-corrected chi connectivity index (χ3v) is 6.47. The summed E-state index contributed by atoms with van der Waals surface area (Å²) in [6.45, 7) is 1.81. The summed E-state index contributed by atoms with van der Waals surface area (Å²) in [6, 6.07) is 16.8. The van der Waals surface area contributed by atoms with Crippen LogP contribution >= 0.6 is 0 Å². The highest BCUT2D eigenvalue weighted by Crippen LogP contribution is 2.44. The molecule has 1 aliphatic heterocycles. The van der Waals surface area contributed by atoms with E-state index in [9.17, 15) is 14.7 Å². The highest BCUT2D eigenvalue weighted by atomic mass is 16.5. The molecule has 4 rings (SSSR count). The number of rotatable bonds is 7. The Hall–Kier alpha value is -4.46. The Balaban J connectivity index is 1.96. The van der Waals surface area contributed by atoms with Gasteiger partial charge in [-0.3, -0.25) is 14.5 Å². The molecule has 1 fully saturated rings. The van der Waals surface area contributed by atoms with Crippen LogP contribution in [0, 0.1) is 6.92 Å². The predicted molar refractivity (Wildman–Crippen MR) is 143 cm³/mol. The summed E-state index contributed by atoms with van der Waals surface area (Å²) < 4.78 is 16.1. The van der Waals surface area contributed by atoms with Crippen LogP contribution in [-0.4, -0.2) is 52.2 Å². The standard InChI is InChI=1S/C29H30N2O6/c1-17-13-21(35-4)11-12-24(17)27(32)25-26(18-7-9-19(10-8-18)30(2)3)31(29(34)28(25)33)20-14-22(36-5)16-23(15-20)37-6/h7-16,26,32H,1-6H3/b27-25-. The van der Waals surface area contributed by atoms with Crippen molar-refractivity contribution in [1.82, 2.24) is 0 Å². The minimum Gasteiger partial charge on any atom is -0.507 e. The van der Waals surface area contributed by atoms with E-state index in [0.29, 0.717) is 39.6 Å². The fourth-order valence-electron chi connectivity index (χ4n) is 4.47. The molecule has 1 amide bonds. The largest absolute Gasteiger partial charge is 0.507 e. The molecular weight excluding hydrogens is 472 g/mol. The van der Waals surface area contributed by atoms with Gasteiger partial charge in [0.05, 0.1) is 38.6 Å². The number of carbonyl (C=O) groups excluding carboxylic acids is 2. The van der Waals surface area contributed by atoms with Crippen molar-refractivity contribution in [1.29, 1.82) is 0 Å². The summed E-state index contributed by atoms with van der Waals surface area (Å²) in [5, 5.41) is 11.5. The van der Waals surface area contributed by atoms with Gasteiger partial charge in [0.15, 0.2) is 0 Å². The van der Waals surface area contributed by atoms with Crippen LogP contribution < -0.4 is 24.0 Å². The first-order valence-electron chi connectivity index (χ1n) is 11.7. The molecule has 1 aliphatic rings. The fraction of sp³-hybridized carbons (Fsp3) is 0.241. The fourth-order valence-corrected chi connectivity index (χ4v) is 4.47. The molecular formula is C29H30N2O6. The van der Waals surface area contributed by atoms with E-state index in [1.165, 1.54) is 19.1 Å². The molecule has 0 bridgehead atoms. The third-order valence-electron chi connectivity index (χ3n) is 6.47. The second-order valence-corrected chi connectivity index (χ2v) is 8.91. The minimum absolute atomic E-state index is 0.00217. The molecule has 0 aromatic heterocycles. The van der Waals surface area contributed by atoms with E-state index in [1.54, 1.807) is 43.5 Å². The van der Waals surface area contributed by atoms with Crippen molar-refractivity contribution < 1.29 is 28.9 Å². The summed E-state index contributed by atoms with van der Waals surface area (Å²) in [5.74, 6) is -0.250. The monoisotopic (exact) mass is 502 g/mol. The van der Waals surface area contributed by atoms with Crippen molar-refractivity contribution in [2.75, 3.05) is 45.2 Å². The molecule has 0 radical (unpaired) electrons. The number of nitrogens with zero attached hydrogens (tertiary/aromatic N) is 2. The third kappa shape index (κ3) is 4.70. The van der Waals surface area contributed by atoms with Gasteiger partial charge in [0.2, 0.25) is 0 Å². The zero-order valence-corrected chi connectivity index (χ0v) is 21.7. The zero-order valence-electron chi connectivity index (χ0n) is 21.7. The second-order valence-electron chi connectivity index (χ2n) is 8.91. The van der Waals surface area contributed by atoms with E-state index in [-0.39, 0.29) is 11.3 Å². The van der Waals surface area contributed by atoms with Gasteiger partial charge in [-0.05, 0) is 48.4 Å². The molecule has 0 spiro atoms. The first-order chi connectivity index (χ1) is 17.7. The summed E-state index contributed by atoms with van der Waals surface area (Å²) in [4.78, 5) is 30.3. The lowest BCUT2D eigenvalue weighted by Gasteiger charge is -2.26. The average Bonchev–Trinajstić information content (AvgIpc) is 3.17. The number of carbonyl (C=O) groups is 2. The number of ketones is 1. The Morgan fingerprint density at radius 1 is 0.838 bits per heavy atom. The second kappa shape index (κ2) is 10.3. The van der Waals surface area contributed by atoms with Crippen molar-refractivity contribution in [3.8, 4) is 17.2 Å². The molecule has 8 nitrogen and oxygen atoms in total. The number of aliphatic hydroxyl groups is 1. The number of ether oxygens (including phenoxy) is 3. The number of methoxy groups -OCH3 is 3. The Morgan fingerprint density at radius 3 is 1.95 bits per heavy atom. The van der Waals surface area contributed by atoms with Gasteiger partial charge in [0.1, 0.15) is 23.0 Å². The molecule has 192 valence electrons. The molecule has 3 aromatic carbocycles. The summed E-state index contributed by atoms with van der Waals surface area (Å²) in [7, 11) is 8.43. The highest BCUT2D eigenvalue weighted by Gasteiger charge is 2.47. The van der Waals surface area contributed by atoms with Crippen LogP contribution in [0.1, 0.15) is 22.7 Å².